The molecule has 0 atom stereocenters. The summed E-state index contributed by atoms with van der Waals surface area (Å²) in [5.41, 5.74) is 0.948. The first kappa shape index (κ1) is 13.3. The molecule has 3 nitrogen and oxygen atoms in total. The lowest BCUT2D eigenvalue weighted by atomic mass is 10.0. The molecule has 0 aromatic heterocycles. The second kappa shape index (κ2) is 6.14. The summed E-state index contributed by atoms with van der Waals surface area (Å²) >= 11 is 0. The maximum absolute atomic E-state index is 11.8. The van der Waals surface area contributed by atoms with Gasteiger partial charge >= 0.3 is 11.5 Å². The van der Waals surface area contributed by atoms with Crippen LogP contribution in [0.5, 0.6) is 0 Å². The summed E-state index contributed by atoms with van der Waals surface area (Å²) in [5, 5.41) is 9.91. The largest absolute Gasteiger partial charge is 0.504 e. The minimum atomic E-state index is -0.138. The highest BCUT2D eigenvalue weighted by atomic mass is 16.4. The van der Waals surface area contributed by atoms with E-state index in [1.165, 1.54) is 0 Å². The number of ketones is 2. The summed E-state index contributed by atoms with van der Waals surface area (Å²) in [5.74, 6) is 0.701. The number of aliphatic hydroxyl groups is 1. The fourth-order valence-corrected chi connectivity index (χ4v) is 1.97. The monoisotopic (exact) mass is 257 g/mol. The number of Topliss-reactive ketones (excluding diaryl/α,β-unsaturated/α-hetero) is 1. The van der Waals surface area contributed by atoms with E-state index in [-0.39, 0.29) is 17.3 Å². The van der Waals surface area contributed by atoms with Gasteiger partial charge in [-0.15, -0.1) is 6.58 Å². The van der Waals surface area contributed by atoms with E-state index in [1.807, 2.05) is 30.3 Å². The Bertz CT molecular complexity index is 538. The van der Waals surface area contributed by atoms with Crippen LogP contribution in [0.3, 0.4) is 0 Å². The Hall–Kier alpha value is -2.16. The first-order chi connectivity index (χ1) is 9.22. The molecule has 0 spiro atoms. The summed E-state index contributed by atoms with van der Waals surface area (Å²) in [6.07, 6.45) is 3.64. The van der Waals surface area contributed by atoms with E-state index >= 15 is 0 Å². The molecule has 0 amide bonds. The molecule has 1 aromatic carbocycles. The molecule has 3 heteroatoms. The Morgan fingerprint density at radius 1 is 1.32 bits per heavy atom. The summed E-state index contributed by atoms with van der Waals surface area (Å²) in [7, 11) is 0. The molecule has 0 unspecified atom stereocenters. The number of rotatable bonds is 4. The summed E-state index contributed by atoms with van der Waals surface area (Å²) in [6.45, 7) is 3.59. The van der Waals surface area contributed by atoms with Crippen molar-refractivity contribution in [1.82, 2.24) is 0 Å². The van der Waals surface area contributed by atoms with Crippen molar-refractivity contribution < 1.29 is 14.3 Å². The molecule has 1 aromatic rings. The minimum absolute atomic E-state index is 0.0121. The fourth-order valence-electron chi connectivity index (χ4n) is 1.97. The lowest BCUT2D eigenvalue weighted by molar-refractivity contribution is -0.217. The molecule has 0 fully saturated rings. The molecule has 1 aliphatic heterocycles. The van der Waals surface area contributed by atoms with E-state index < -0.39 is 0 Å². The second-order valence-corrected chi connectivity index (χ2v) is 4.42. The van der Waals surface area contributed by atoms with Gasteiger partial charge in [-0.2, -0.15) is 0 Å². The molecular formula is C16H17O3+. The third kappa shape index (κ3) is 3.19. The van der Waals surface area contributed by atoms with E-state index in [1.54, 1.807) is 6.08 Å². The zero-order valence-corrected chi connectivity index (χ0v) is 10.8. The van der Waals surface area contributed by atoms with Gasteiger partial charge in [0.05, 0.1) is 12.0 Å². The summed E-state index contributed by atoms with van der Waals surface area (Å²) in [6, 6.07) is 9.63. The van der Waals surface area contributed by atoms with E-state index in [0.717, 1.165) is 11.3 Å². The van der Waals surface area contributed by atoms with Crippen LogP contribution in [0.25, 0.3) is 0 Å². The SMILES string of the molecule is C=CCC/C(O)=C1\[O+]=C(c2ccccc2)CCC1=O. The van der Waals surface area contributed by atoms with Crippen molar-refractivity contribution in [2.45, 2.75) is 25.7 Å². The molecule has 1 N–H and O–H groups in total. The van der Waals surface area contributed by atoms with Crippen LogP contribution in [-0.2, 0) is 4.79 Å². The lowest BCUT2D eigenvalue weighted by Crippen LogP contribution is -2.17. The highest BCUT2D eigenvalue weighted by molar-refractivity contribution is 6.04. The highest BCUT2D eigenvalue weighted by Gasteiger charge is 2.34. The lowest BCUT2D eigenvalue weighted by Gasteiger charge is -2.03. The minimum Gasteiger partial charge on any atom is -0.504 e. The molecule has 1 aliphatic rings. The van der Waals surface area contributed by atoms with Crippen LogP contribution >= 0.6 is 0 Å². The summed E-state index contributed by atoms with van der Waals surface area (Å²) in [4.78, 5) is 11.8. The number of allylic oxidation sites excluding steroid dienone is 3. The van der Waals surface area contributed by atoms with Gasteiger partial charge in [0.2, 0.25) is 5.76 Å². The van der Waals surface area contributed by atoms with Crippen molar-refractivity contribution in [2.75, 3.05) is 0 Å². The van der Waals surface area contributed by atoms with Crippen LogP contribution in [0.15, 0.2) is 54.5 Å². The molecule has 0 bridgehead atoms. The van der Waals surface area contributed by atoms with Crippen LogP contribution in [0.1, 0.15) is 35.7 Å². The average Bonchev–Trinajstić information content (AvgIpc) is 2.46. The molecular weight excluding hydrogens is 240 g/mol. The van der Waals surface area contributed by atoms with Gasteiger partial charge in [0, 0.05) is 12.8 Å². The number of hydrogen-bond donors (Lipinski definition) is 1. The molecule has 98 valence electrons. The predicted molar refractivity (Wildman–Crippen MR) is 74.1 cm³/mol. The second-order valence-electron chi connectivity index (χ2n) is 4.42. The van der Waals surface area contributed by atoms with Crippen molar-refractivity contribution in [3.63, 3.8) is 0 Å². The number of aliphatic hydroxyl groups excluding tert-OH is 1. The van der Waals surface area contributed by atoms with Gasteiger partial charge < -0.3 is 5.11 Å². The number of benzene rings is 1. The summed E-state index contributed by atoms with van der Waals surface area (Å²) < 4.78 is 5.61. The van der Waals surface area contributed by atoms with Crippen LogP contribution < -0.4 is 0 Å². The molecule has 1 heterocycles. The smallest absolute Gasteiger partial charge is 0.432 e. The Morgan fingerprint density at radius 2 is 2.05 bits per heavy atom. The highest BCUT2D eigenvalue weighted by Crippen LogP contribution is 2.21. The van der Waals surface area contributed by atoms with Crippen molar-refractivity contribution in [1.29, 1.82) is 0 Å². The van der Waals surface area contributed by atoms with Gasteiger partial charge in [-0.05, 0) is 18.6 Å². The van der Waals surface area contributed by atoms with Crippen molar-refractivity contribution in [2.24, 2.45) is 0 Å². The normalized spacial score (nSPS) is 17.9. The van der Waals surface area contributed by atoms with E-state index in [9.17, 15) is 9.90 Å². The third-order valence-corrected chi connectivity index (χ3v) is 3.00. The van der Waals surface area contributed by atoms with E-state index in [0.29, 0.717) is 25.7 Å². The number of hydrogen-bond acceptors (Lipinski definition) is 2. The van der Waals surface area contributed by atoms with Gasteiger partial charge in [0.15, 0.2) is 0 Å². The van der Waals surface area contributed by atoms with Gasteiger partial charge in [-0.25, -0.2) is 4.42 Å². The fraction of sp³-hybridized carbons (Fsp3) is 0.250. The van der Waals surface area contributed by atoms with Crippen LogP contribution in [0, 0.1) is 0 Å². The standard InChI is InChI=1S/C16H16O3/c1-2-3-9-13(17)16-14(18)10-11-15(19-16)12-7-5-4-6-8-12/h2,4-8H,1,3,9-11H2/p+1. The molecule has 0 aliphatic carbocycles. The first-order valence-corrected chi connectivity index (χ1v) is 6.37. The molecule has 0 saturated carbocycles. The van der Waals surface area contributed by atoms with Crippen LogP contribution in [0.2, 0.25) is 0 Å². The van der Waals surface area contributed by atoms with Gasteiger partial charge in [-0.3, -0.25) is 4.79 Å². The van der Waals surface area contributed by atoms with E-state index in [2.05, 4.69) is 6.58 Å². The molecule has 19 heavy (non-hydrogen) atoms. The van der Waals surface area contributed by atoms with Gasteiger partial charge in [0.25, 0.3) is 5.78 Å². The maximum atomic E-state index is 11.8. The van der Waals surface area contributed by atoms with Crippen molar-refractivity contribution in [3.05, 3.63) is 60.1 Å². The molecule has 2 rings (SSSR count). The Morgan fingerprint density at radius 3 is 2.74 bits per heavy atom. The quantitative estimate of drug-likeness (QED) is 0.388. The zero-order chi connectivity index (χ0) is 13.7. The Labute approximate surface area is 112 Å². The third-order valence-electron chi connectivity index (χ3n) is 3.00. The Balaban J connectivity index is 2.32. The molecule has 0 saturated heterocycles. The van der Waals surface area contributed by atoms with Gasteiger partial charge in [-0.1, -0.05) is 24.3 Å². The predicted octanol–water partition coefficient (Wildman–Crippen LogP) is 3.50. The Kier molecular flexibility index (Phi) is 4.29. The van der Waals surface area contributed by atoms with Crippen LogP contribution in [-0.4, -0.2) is 16.7 Å². The topological polar surface area (TPSA) is 48.6 Å². The van der Waals surface area contributed by atoms with Crippen molar-refractivity contribution >= 4 is 11.6 Å². The number of carbonyl (C=O) groups excluding carboxylic acids is 2. The molecule has 0 radical (unpaired) electrons. The zero-order valence-electron chi connectivity index (χ0n) is 10.8. The maximum Gasteiger partial charge on any atom is 0.432 e. The van der Waals surface area contributed by atoms with Crippen molar-refractivity contribution in [3.8, 4) is 0 Å². The van der Waals surface area contributed by atoms with Gasteiger partial charge in [0.1, 0.15) is 0 Å². The van der Waals surface area contributed by atoms with E-state index in [4.69, 9.17) is 4.42 Å². The first-order valence-electron chi connectivity index (χ1n) is 6.37. The average molecular weight is 257 g/mol. The van der Waals surface area contributed by atoms with Crippen LogP contribution in [0.4, 0.5) is 0 Å². The number of carbonyl (C=O) groups is 1.